The Labute approximate surface area is 120 Å². The molecule has 1 N–H and O–H groups in total. The van der Waals surface area contributed by atoms with Gasteiger partial charge in [-0.1, -0.05) is 48.5 Å². The first kappa shape index (κ1) is 13.3. The molecule has 0 aliphatic heterocycles. The molecule has 0 fully saturated rings. The predicted octanol–water partition coefficient (Wildman–Crippen LogP) is 3.26. The molecule has 3 rings (SSSR count). The molecular weight excluding hydrogens is 246 g/mol. The molecule has 0 heterocycles. The summed E-state index contributed by atoms with van der Waals surface area (Å²) < 4.78 is 5.12. The lowest BCUT2D eigenvalue weighted by atomic mass is 9.77. The Hall–Kier alpha value is -1.64. The summed E-state index contributed by atoms with van der Waals surface area (Å²) >= 11 is 0. The molecule has 0 saturated carbocycles. The summed E-state index contributed by atoms with van der Waals surface area (Å²) in [6, 6.07) is 17.4. The molecule has 1 atom stereocenters. The van der Waals surface area contributed by atoms with Crippen molar-refractivity contribution in [2.24, 2.45) is 0 Å². The second-order valence-corrected chi connectivity index (χ2v) is 5.48. The van der Waals surface area contributed by atoms with Crippen LogP contribution in [0.5, 0.6) is 0 Å². The molecule has 1 aliphatic rings. The van der Waals surface area contributed by atoms with Gasteiger partial charge < -0.3 is 10.1 Å². The standard InChI is InChI=1S/C18H21NO/c1-20-13-15-8-6-14(7-9-15)11-19-12-17-10-16-4-2-3-5-18(16)17/h2-9,17,19H,10-13H2,1H3. The van der Waals surface area contributed by atoms with Crippen LogP contribution in [0.3, 0.4) is 0 Å². The van der Waals surface area contributed by atoms with Crippen molar-refractivity contribution in [2.45, 2.75) is 25.5 Å². The van der Waals surface area contributed by atoms with E-state index in [1.807, 2.05) is 0 Å². The molecule has 2 heteroatoms. The molecule has 0 radical (unpaired) electrons. The number of rotatable bonds is 6. The summed E-state index contributed by atoms with van der Waals surface area (Å²) in [6.45, 7) is 2.69. The summed E-state index contributed by atoms with van der Waals surface area (Å²) in [5.74, 6) is 0.693. The van der Waals surface area contributed by atoms with Gasteiger partial charge in [0.1, 0.15) is 0 Å². The zero-order chi connectivity index (χ0) is 13.8. The van der Waals surface area contributed by atoms with Gasteiger partial charge in [0.15, 0.2) is 0 Å². The fourth-order valence-corrected chi connectivity index (χ4v) is 2.86. The summed E-state index contributed by atoms with van der Waals surface area (Å²) in [6.07, 6.45) is 1.22. The van der Waals surface area contributed by atoms with Crippen molar-refractivity contribution < 1.29 is 4.74 Å². The number of ether oxygens (including phenoxy) is 1. The van der Waals surface area contributed by atoms with Crippen molar-refractivity contribution in [1.82, 2.24) is 5.32 Å². The first-order chi connectivity index (χ1) is 9.86. The Bertz CT molecular complexity index is 562. The first-order valence-electron chi connectivity index (χ1n) is 7.22. The van der Waals surface area contributed by atoms with Crippen LogP contribution in [0.15, 0.2) is 48.5 Å². The fourth-order valence-electron chi connectivity index (χ4n) is 2.86. The smallest absolute Gasteiger partial charge is 0.0713 e. The molecule has 2 nitrogen and oxygen atoms in total. The monoisotopic (exact) mass is 267 g/mol. The molecule has 0 saturated heterocycles. The number of methoxy groups -OCH3 is 1. The van der Waals surface area contributed by atoms with E-state index < -0.39 is 0 Å². The maximum absolute atomic E-state index is 5.12. The molecule has 2 aromatic rings. The van der Waals surface area contributed by atoms with Crippen molar-refractivity contribution in [3.05, 3.63) is 70.8 Å². The van der Waals surface area contributed by atoms with Gasteiger partial charge in [0.2, 0.25) is 0 Å². The van der Waals surface area contributed by atoms with Gasteiger partial charge in [-0.3, -0.25) is 0 Å². The summed E-state index contributed by atoms with van der Waals surface area (Å²) in [5.41, 5.74) is 5.60. The van der Waals surface area contributed by atoms with Gasteiger partial charge in [0, 0.05) is 26.1 Å². The van der Waals surface area contributed by atoms with Gasteiger partial charge in [0.25, 0.3) is 0 Å². The van der Waals surface area contributed by atoms with Gasteiger partial charge in [0.05, 0.1) is 6.61 Å². The number of nitrogens with one attached hydrogen (secondary N) is 1. The Morgan fingerprint density at radius 1 is 1.05 bits per heavy atom. The van der Waals surface area contributed by atoms with Crippen molar-refractivity contribution >= 4 is 0 Å². The van der Waals surface area contributed by atoms with E-state index in [2.05, 4.69) is 53.8 Å². The molecule has 104 valence electrons. The van der Waals surface area contributed by atoms with Crippen LogP contribution in [0.2, 0.25) is 0 Å². The normalized spacial score (nSPS) is 16.6. The Balaban J connectivity index is 1.47. The number of benzene rings is 2. The third-order valence-corrected chi connectivity index (χ3v) is 4.02. The highest BCUT2D eigenvalue weighted by atomic mass is 16.5. The minimum absolute atomic E-state index is 0.687. The predicted molar refractivity (Wildman–Crippen MR) is 81.7 cm³/mol. The van der Waals surface area contributed by atoms with Gasteiger partial charge in [-0.15, -0.1) is 0 Å². The third-order valence-electron chi connectivity index (χ3n) is 4.02. The van der Waals surface area contributed by atoms with Crippen LogP contribution in [-0.4, -0.2) is 13.7 Å². The van der Waals surface area contributed by atoms with Gasteiger partial charge >= 0.3 is 0 Å². The van der Waals surface area contributed by atoms with E-state index in [1.54, 1.807) is 7.11 Å². The second kappa shape index (κ2) is 6.21. The highest BCUT2D eigenvalue weighted by Crippen LogP contribution is 2.33. The van der Waals surface area contributed by atoms with Crippen LogP contribution in [0.1, 0.15) is 28.2 Å². The quantitative estimate of drug-likeness (QED) is 0.867. The largest absolute Gasteiger partial charge is 0.380 e. The average molecular weight is 267 g/mol. The average Bonchev–Trinajstić information content (AvgIpc) is 2.46. The van der Waals surface area contributed by atoms with E-state index in [9.17, 15) is 0 Å². The Morgan fingerprint density at radius 2 is 1.80 bits per heavy atom. The zero-order valence-corrected chi connectivity index (χ0v) is 11.9. The van der Waals surface area contributed by atoms with Crippen molar-refractivity contribution in [3.63, 3.8) is 0 Å². The molecule has 0 bridgehead atoms. The van der Waals surface area contributed by atoms with Crippen molar-refractivity contribution in [2.75, 3.05) is 13.7 Å². The van der Waals surface area contributed by atoms with Crippen LogP contribution in [0, 0.1) is 0 Å². The first-order valence-corrected chi connectivity index (χ1v) is 7.22. The van der Waals surface area contributed by atoms with Crippen LogP contribution >= 0.6 is 0 Å². The van der Waals surface area contributed by atoms with E-state index in [0.29, 0.717) is 12.5 Å². The Morgan fingerprint density at radius 3 is 2.55 bits per heavy atom. The lowest BCUT2D eigenvalue weighted by molar-refractivity contribution is 0.185. The van der Waals surface area contributed by atoms with E-state index >= 15 is 0 Å². The topological polar surface area (TPSA) is 21.3 Å². The molecule has 0 aromatic heterocycles. The van der Waals surface area contributed by atoms with E-state index in [1.165, 1.54) is 28.7 Å². The number of hydrogen-bond acceptors (Lipinski definition) is 2. The molecule has 0 amide bonds. The maximum Gasteiger partial charge on any atom is 0.0713 e. The highest BCUT2D eigenvalue weighted by Gasteiger charge is 2.24. The van der Waals surface area contributed by atoms with Gasteiger partial charge in [-0.25, -0.2) is 0 Å². The van der Waals surface area contributed by atoms with Crippen LogP contribution in [0.25, 0.3) is 0 Å². The van der Waals surface area contributed by atoms with E-state index in [-0.39, 0.29) is 0 Å². The van der Waals surface area contributed by atoms with E-state index in [4.69, 9.17) is 4.74 Å². The second-order valence-electron chi connectivity index (χ2n) is 5.48. The molecule has 0 spiro atoms. The third kappa shape index (κ3) is 2.92. The number of hydrogen-bond donors (Lipinski definition) is 1. The van der Waals surface area contributed by atoms with E-state index in [0.717, 1.165) is 13.1 Å². The summed E-state index contributed by atoms with van der Waals surface area (Å²) in [5, 5.41) is 3.56. The van der Waals surface area contributed by atoms with Crippen LogP contribution in [0.4, 0.5) is 0 Å². The molecular formula is C18H21NO. The van der Waals surface area contributed by atoms with Crippen LogP contribution < -0.4 is 5.32 Å². The lowest BCUT2D eigenvalue weighted by Gasteiger charge is -2.30. The summed E-state index contributed by atoms with van der Waals surface area (Å²) in [7, 11) is 1.73. The minimum atomic E-state index is 0.687. The lowest BCUT2D eigenvalue weighted by Crippen LogP contribution is -2.28. The molecule has 2 aromatic carbocycles. The molecule has 1 aliphatic carbocycles. The van der Waals surface area contributed by atoms with Gasteiger partial charge in [-0.05, 0) is 28.7 Å². The highest BCUT2D eigenvalue weighted by molar-refractivity contribution is 5.40. The SMILES string of the molecule is COCc1ccc(CNCC2Cc3ccccc32)cc1. The Kier molecular flexibility index (Phi) is 4.14. The van der Waals surface area contributed by atoms with Crippen molar-refractivity contribution in [3.8, 4) is 0 Å². The maximum atomic E-state index is 5.12. The fraction of sp³-hybridized carbons (Fsp3) is 0.333. The zero-order valence-electron chi connectivity index (χ0n) is 11.9. The molecule has 1 unspecified atom stereocenters. The minimum Gasteiger partial charge on any atom is -0.380 e. The summed E-state index contributed by atoms with van der Waals surface area (Å²) in [4.78, 5) is 0. The van der Waals surface area contributed by atoms with Gasteiger partial charge in [-0.2, -0.15) is 0 Å². The van der Waals surface area contributed by atoms with Crippen molar-refractivity contribution in [1.29, 1.82) is 0 Å². The van der Waals surface area contributed by atoms with Crippen LogP contribution in [-0.2, 0) is 24.3 Å². The molecule has 20 heavy (non-hydrogen) atoms. The number of fused-ring (bicyclic) bond motifs is 1.